The molecule has 0 saturated carbocycles. The molecule has 0 atom stereocenters. The van der Waals surface area contributed by atoms with Crippen LogP contribution >= 0.6 is 0 Å². The first-order chi connectivity index (χ1) is 6.58. The van der Waals surface area contributed by atoms with Gasteiger partial charge in [-0.3, -0.25) is 4.79 Å². The summed E-state index contributed by atoms with van der Waals surface area (Å²) >= 11 is 0. The number of carboxylic acid groups (broad SMARTS) is 1. The molecular formula is C11H10O3. The normalized spacial score (nSPS) is 8.93. The molecular weight excluding hydrogens is 180 g/mol. The molecule has 0 aliphatic rings. The summed E-state index contributed by atoms with van der Waals surface area (Å²) in [6, 6.07) is 4.90. The highest BCUT2D eigenvalue weighted by molar-refractivity contribution is 5.70. The number of benzene rings is 1. The summed E-state index contributed by atoms with van der Waals surface area (Å²) in [5.74, 6) is 4.36. The highest BCUT2D eigenvalue weighted by atomic mass is 16.4. The fourth-order valence-electron chi connectivity index (χ4n) is 1.06. The van der Waals surface area contributed by atoms with Gasteiger partial charge < -0.3 is 10.2 Å². The summed E-state index contributed by atoms with van der Waals surface area (Å²) in [6.45, 7) is 1.84. The molecule has 3 nitrogen and oxygen atoms in total. The van der Waals surface area contributed by atoms with Gasteiger partial charge in [-0.15, -0.1) is 0 Å². The monoisotopic (exact) mass is 190 g/mol. The molecule has 0 unspecified atom stereocenters. The summed E-state index contributed by atoms with van der Waals surface area (Å²) in [5.41, 5.74) is 1.52. The Hall–Kier alpha value is -1.95. The Kier molecular flexibility index (Phi) is 3.14. The van der Waals surface area contributed by atoms with Gasteiger partial charge >= 0.3 is 5.97 Å². The topological polar surface area (TPSA) is 57.5 Å². The maximum atomic E-state index is 10.2. The number of hydrogen-bond donors (Lipinski definition) is 2. The molecule has 0 spiro atoms. The Labute approximate surface area is 82.0 Å². The molecule has 0 heterocycles. The quantitative estimate of drug-likeness (QED) is 0.660. The lowest BCUT2D eigenvalue weighted by molar-refractivity contribution is -0.135. The Balaban J connectivity index is 2.84. The minimum atomic E-state index is -0.950. The average Bonchev–Trinajstić information content (AvgIpc) is 2.01. The molecule has 0 fully saturated rings. The van der Waals surface area contributed by atoms with Crippen molar-refractivity contribution in [1.82, 2.24) is 0 Å². The third-order valence-corrected chi connectivity index (χ3v) is 1.53. The summed E-state index contributed by atoms with van der Waals surface area (Å²) in [4.78, 5) is 10.2. The molecule has 0 amide bonds. The number of phenolic OH excluding ortho intramolecular Hbond substituents is 1. The molecule has 1 rings (SSSR count). The van der Waals surface area contributed by atoms with Crippen molar-refractivity contribution in [2.75, 3.05) is 0 Å². The van der Waals surface area contributed by atoms with E-state index in [0.717, 1.165) is 5.56 Å². The van der Waals surface area contributed by atoms with Crippen molar-refractivity contribution >= 4 is 5.97 Å². The van der Waals surface area contributed by atoms with E-state index >= 15 is 0 Å². The Morgan fingerprint density at radius 2 is 2.14 bits per heavy atom. The summed E-state index contributed by atoms with van der Waals surface area (Å²) in [6.07, 6.45) is -0.186. The second-order valence-corrected chi connectivity index (χ2v) is 2.93. The van der Waals surface area contributed by atoms with Crippen LogP contribution < -0.4 is 0 Å². The number of rotatable bonds is 1. The van der Waals surface area contributed by atoms with Crippen LogP contribution in [0.4, 0.5) is 0 Å². The Morgan fingerprint density at radius 3 is 2.71 bits per heavy atom. The summed E-state index contributed by atoms with van der Waals surface area (Å²) in [7, 11) is 0. The largest absolute Gasteiger partial charge is 0.508 e. The number of carboxylic acids is 1. The molecule has 0 saturated heterocycles. The Morgan fingerprint density at radius 1 is 1.43 bits per heavy atom. The molecule has 3 heteroatoms. The predicted molar refractivity (Wildman–Crippen MR) is 52.0 cm³/mol. The summed E-state index contributed by atoms with van der Waals surface area (Å²) < 4.78 is 0. The van der Waals surface area contributed by atoms with Gasteiger partial charge in [-0.2, -0.15) is 0 Å². The lowest BCUT2D eigenvalue weighted by Crippen LogP contribution is -1.90. The van der Waals surface area contributed by atoms with Crippen LogP contribution in [0.15, 0.2) is 18.2 Å². The number of aryl methyl sites for hydroxylation is 1. The predicted octanol–water partition coefficient (Wildman–Crippen LogP) is 1.53. The van der Waals surface area contributed by atoms with Crippen molar-refractivity contribution in [3.63, 3.8) is 0 Å². The second kappa shape index (κ2) is 4.33. The van der Waals surface area contributed by atoms with Gasteiger partial charge in [0.15, 0.2) is 0 Å². The van der Waals surface area contributed by atoms with E-state index in [1.807, 2.05) is 6.92 Å². The molecule has 14 heavy (non-hydrogen) atoms. The molecule has 72 valence electrons. The number of aliphatic carboxylic acids is 1. The number of phenols is 1. The molecule has 0 aliphatic carbocycles. The summed E-state index contributed by atoms with van der Waals surface area (Å²) in [5, 5.41) is 17.6. The molecule has 0 bridgehead atoms. The van der Waals surface area contributed by atoms with Crippen LogP contribution in [0.1, 0.15) is 17.5 Å². The van der Waals surface area contributed by atoms with Gasteiger partial charge in [-0.05, 0) is 30.7 Å². The zero-order valence-corrected chi connectivity index (χ0v) is 7.74. The third kappa shape index (κ3) is 3.20. The van der Waals surface area contributed by atoms with E-state index in [9.17, 15) is 9.90 Å². The number of hydrogen-bond acceptors (Lipinski definition) is 2. The molecule has 1 aromatic carbocycles. The molecule has 1 aromatic rings. The third-order valence-electron chi connectivity index (χ3n) is 1.53. The minimum Gasteiger partial charge on any atom is -0.508 e. The highest BCUT2D eigenvalue weighted by Gasteiger charge is 1.94. The molecule has 0 radical (unpaired) electrons. The van der Waals surface area contributed by atoms with Gasteiger partial charge in [0.1, 0.15) is 12.2 Å². The average molecular weight is 190 g/mol. The zero-order chi connectivity index (χ0) is 10.6. The smallest absolute Gasteiger partial charge is 0.315 e. The van der Waals surface area contributed by atoms with Gasteiger partial charge in [0, 0.05) is 5.56 Å². The second-order valence-electron chi connectivity index (χ2n) is 2.93. The first-order valence-electron chi connectivity index (χ1n) is 4.09. The van der Waals surface area contributed by atoms with E-state index in [0.29, 0.717) is 5.56 Å². The van der Waals surface area contributed by atoms with Gasteiger partial charge in [0.05, 0.1) is 0 Å². The lowest BCUT2D eigenvalue weighted by atomic mass is 10.1. The standard InChI is InChI=1S/C11H10O3/c1-8-5-9(7-10(12)6-8)3-2-4-11(13)14/h5-7,12H,4H2,1H3,(H,13,14). The number of carbonyl (C=O) groups is 1. The van der Waals surface area contributed by atoms with Crippen LogP contribution in [-0.2, 0) is 4.79 Å². The van der Waals surface area contributed by atoms with E-state index in [1.54, 1.807) is 12.1 Å². The minimum absolute atomic E-state index is 0.143. The van der Waals surface area contributed by atoms with Crippen LogP contribution in [0.2, 0.25) is 0 Å². The lowest BCUT2D eigenvalue weighted by Gasteiger charge is -1.96. The first-order valence-corrected chi connectivity index (χ1v) is 4.09. The van der Waals surface area contributed by atoms with Crippen molar-refractivity contribution in [2.24, 2.45) is 0 Å². The highest BCUT2D eigenvalue weighted by Crippen LogP contribution is 2.13. The van der Waals surface area contributed by atoms with Crippen molar-refractivity contribution in [3.8, 4) is 17.6 Å². The van der Waals surface area contributed by atoms with Crippen LogP contribution in [0, 0.1) is 18.8 Å². The van der Waals surface area contributed by atoms with E-state index < -0.39 is 5.97 Å². The van der Waals surface area contributed by atoms with Crippen LogP contribution in [-0.4, -0.2) is 16.2 Å². The number of aromatic hydroxyl groups is 1. The molecule has 2 N–H and O–H groups in total. The van der Waals surface area contributed by atoms with E-state index in [-0.39, 0.29) is 12.2 Å². The van der Waals surface area contributed by atoms with Crippen molar-refractivity contribution < 1.29 is 15.0 Å². The zero-order valence-electron chi connectivity index (χ0n) is 7.74. The van der Waals surface area contributed by atoms with Crippen molar-refractivity contribution in [2.45, 2.75) is 13.3 Å². The van der Waals surface area contributed by atoms with Gasteiger partial charge in [-0.1, -0.05) is 11.8 Å². The SMILES string of the molecule is Cc1cc(O)cc(C#CCC(=O)O)c1. The van der Waals surface area contributed by atoms with Crippen LogP contribution in [0.25, 0.3) is 0 Å². The van der Waals surface area contributed by atoms with Gasteiger partial charge in [0.25, 0.3) is 0 Å². The Bertz CT molecular complexity index is 390. The fourth-order valence-corrected chi connectivity index (χ4v) is 1.06. The first kappa shape index (κ1) is 10.1. The van der Waals surface area contributed by atoms with E-state index in [1.165, 1.54) is 6.07 Å². The van der Waals surface area contributed by atoms with E-state index in [4.69, 9.17) is 5.11 Å². The molecule has 0 aromatic heterocycles. The molecule has 0 aliphatic heterocycles. The fraction of sp³-hybridized carbons (Fsp3) is 0.182. The van der Waals surface area contributed by atoms with Gasteiger partial charge in [0.2, 0.25) is 0 Å². The van der Waals surface area contributed by atoms with Crippen molar-refractivity contribution in [1.29, 1.82) is 0 Å². The maximum Gasteiger partial charge on any atom is 0.315 e. The van der Waals surface area contributed by atoms with Crippen molar-refractivity contribution in [3.05, 3.63) is 29.3 Å². The van der Waals surface area contributed by atoms with Crippen LogP contribution in [0.5, 0.6) is 5.75 Å². The maximum absolute atomic E-state index is 10.2. The van der Waals surface area contributed by atoms with E-state index in [2.05, 4.69) is 11.8 Å². The van der Waals surface area contributed by atoms with Gasteiger partial charge in [-0.25, -0.2) is 0 Å². The van der Waals surface area contributed by atoms with Crippen LogP contribution in [0.3, 0.4) is 0 Å².